The van der Waals surface area contributed by atoms with Crippen molar-refractivity contribution < 1.29 is 9.13 Å². The van der Waals surface area contributed by atoms with Crippen molar-refractivity contribution in [2.24, 2.45) is 0 Å². The van der Waals surface area contributed by atoms with E-state index in [-0.39, 0.29) is 5.82 Å². The number of likely N-dealkylation sites (N-methyl/N-ethyl adjacent to an activating group) is 1. The molecule has 3 aromatic rings. The lowest BCUT2D eigenvalue weighted by Gasteiger charge is -2.20. The van der Waals surface area contributed by atoms with E-state index in [0.717, 1.165) is 55.0 Å². The molecule has 6 heteroatoms. The minimum absolute atomic E-state index is 0.265. The molecule has 0 amide bonds. The van der Waals surface area contributed by atoms with Crippen molar-refractivity contribution in [3.8, 4) is 16.9 Å². The molecule has 1 atom stereocenters. The van der Waals surface area contributed by atoms with E-state index in [0.29, 0.717) is 11.1 Å². The van der Waals surface area contributed by atoms with Gasteiger partial charge in [-0.25, -0.2) is 9.07 Å². The van der Waals surface area contributed by atoms with Crippen LogP contribution >= 0.6 is 11.6 Å². The Morgan fingerprint density at radius 2 is 2.00 bits per heavy atom. The Labute approximate surface area is 169 Å². The predicted molar refractivity (Wildman–Crippen MR) is 109 cm³/mol. The molecule has 2 aromatic carbocycles. The van der Waals surface area contributed by atoms with Gasteiger partial charge in [0.15, 0.2) is 0 Å². The van der Waals surface area contributed by atoms with E-state index in [2.05, 4.69) is 11.9 Å². The second kappa shape index (κ2) is 8.43. The second-order valence-electron chi connectivity index (χ2n) is 7.24. The second-order valence-corrected chi connectivity index (χ2v) is 7.64. The summed E-state index contributed by atoms with van der Waals surface area (Å²) in [5, 5.41) is 5.44. The van der Waals surface area contributed by atoms with Crippen LogP contribution < -0.4 is 0 Å². The van der Waals surface area contributed by atoms with E-state index in [4.69, 9.17) is 21.4 Å². The molecule has 0 aliphatic carbocycles. The Kier molecular flexibility index (Phi) is 5.76. The number of aromatic nitrogens is 2. The fraction of sp³-hybridized carbons (Fsp3) is 0.318. The number of hydrogen-bond acceptors (Lipinski definition) is 3. The van der Waals surface area contributed by atoms with Gasteiger partial charge in [0.1, 0.15) is 5.82 Å². The van der Waals surface area contributed by atoms with Gasteiger partial charge in [-0.15, -0.1) is 0 Å². The first-order valence-electron chi connectivity index (χ1n) is 9.49. The summed E-state index contributed by atoms with van der Waals surface area (Å²) in [4.78, 5) is 2.25. The van der Waals surface area contributed by atoms with Gasteiger partial charge < -0.3 is 4.74 Å². The van der Waals surface area contributed by atoms with E-state index in [1.807, 2.05) is 30.5 Å². The molecule has 146 valence electrons. The zero-order valence-electron chi connectivity index (χ0n) is 15.8. The molecule has 1 aliphatic heterocycles. The first-order valence-corrected chi connectivity index (χ1v) is 9.87. The van der Waals surface area contributed by atoms with E-state index >= 15 is 0 Å². The smallest absolute Gasteiger partial charge is 0.123 e. The third-order valence-corrected chi connectivity index (χ3v) is 5.32. The third kappa shape index (κ3) is 4.27. The molecule has 0 saturated carbocycles. The van der Waals surface area contributed by atoms with Crippen molar-refractivity contribution in [2.45, 2.75) is 25.5 Å². The summed E-state index contributed by atoms with van der Waals surface area (Å²) in [5.41, 5.74) is 3.61. The standard InChI is InChI=1S/C22H23ClFN3O/c1-26(15-19-5-4-12-28-19)13-16-14-27(18-10-8-17(24)9-11-18)25-22(16)20-6-2-3-7-21(20)23/h2-3,6-11,14,19H,4-5,12-13,15H2,1H3. The average molecular weight is 400 g/mol. The first kappa shape index (κ1) is 19.1. The maximum Gasteiger partial charge on any atom is 0.123 e. The topological polar surface area (TPSA) is 30.3 Å². The van der Waals surface area contributed by atoms with Gasteiger partial charge in [0.05, 0.1) is 22.5 Å². The van der Waals surface area contributed by atoms with Crippen LogP contribution in [0.2, 0.25) is 5.02 Å². The molecular formula is C22H23ClFN3O. The summed E-state index contributed by atoms with van der Waals surface area (Å²) in [7, 11) is 2.09. The molecule has 1 fully saturated rings. The van der Waals surface area contributed by atoms with Crippen LogP contribution in [0.25, 0.3) is 16.9 Å². The molecule has 1 aliphatic rings. The number of rotatable bonds is 6. The van der Waals surface area contributed by atoms with Crippen LogP contribution in [0.1, 0.15) is 18.4 Å². The van der Waals surface area contributed by atoms with Crippen molar-refractivity contribution in [1.82, 2.24) is 14.7 Å². The number of ether oxygens (including phenoxy) is 1. The molecule has 0 spiro atoms. The largest absolute Gasteiger partial charge is 0.377 e. The van der Waals surface area contributed by atoms with Crippen LogP contribution in [0.3, 0.4) is 0 Å². The zero-order chi connectivity index (χ0) is 19.5. The quantitative estimate of drug-likeness (QED) is 0.588. The lowest BCUT2D eigenvalue weighted by atomic mass is 10.1. The highest BCUT2D eigenvalue weighted by Gasteiger charge is 2.20. The summed E-state index contributed by atoms with van der Waals surface area (Å²) >= 11 is 6.45. The summed E-state index contributed by atoms with van der Waals surface area (Å²) in [5.74, 6) is -0.265. The molecular weight excluding hydrogens is 377 g/mol. The van der Waals surface area contributed by atoms with Crippen molar-refractivity contribution in [1.29, 1.82) is 0 Å². The van der Waals surface area contributed by atoms with Gasteiger partial charge in [-0.1, -0.05) is 29.8 Å². The van der Waals surface area contributed by atoms with Gasteiger partial charge in [-0.3, -0.25) is 4.90 Å². The number of halogens is 2. The number of hydrogen-bond donors (Lipinski definition) is 0. The van der Waals surface area contributed by atoms with Gasteiger partial charge >= 0.3 is 0 Å². The van der Waals surface area contributed by atoms with E-state index < -0.39 is 0 Å². The van der Waals surface area contributed by atoms with Crippen molar-refractivity contribution in [2.75, 3.05) is 20.2 Å². The highest BCUT2D eigenvalue weighted by molar-refractivity contribution is 6.33. The molecule has 0 radical (unpaired) electrons. The van der Waals surface area contributed by atoms with E-state index in [9.17, 15) is 4.39 Å². The predicted octanol–water partition coefficient (Wildman–Crippen LogP) is 4.94. The van der Waals surface area contributed by atoms with E-state index in [1.165, 1.54) is 12.1 Å². The normalized spacial score (nSPS) is 16.8. The Bertz CT molecular complexity index is 935. The minimum Gasteiger partial charge on any atom is -0.377 e. The molecule has 4 nitrogen and oxygen atoms in total. The van der Waals surface area contributed by atoms with Gasteiger partial charge in [-0.2, -0.15) is 5.10 Å². The van der Waals surface area contributed by atoms with Gasteiger partial charge in [-0.05, 0) is 50.2 Å². The summed E-state index contributed by atoms with van der Waals surface area (Å²) < 4.78 is 20.9. The van der Waals surface area contributed by atoms with Crippen LogP contribution in [-0.4, -0.2) is 41.0 Å². The molecule has 4 rings (SSSR count). The van der Waals surface area contributed by atoms with E-state index in [1.54, 1.807) is 16.8 Å². The average Bonchev–Trinajstić information content (AvgIpc) is 3.33. The van der Waals surface area contributed by atoms with Crippen molar-refractivity contribution >= 4 is 11.6 Å². The van der Waals surface area contributed by atoms with Gasteiger partial charge in [0.2, 0.25) is 0 Å². The minimum atomic E-state index is -0.265. The maximum absolute atomic E-state index is 13.3. The Morgan fingerprint density at radius 3 is 2.71 bits per heavy atom. The highest BCUT2D eigenvalue weighted by Crippen LogP contribution is 2.30. The monoisotopic (exact) mass is 399 g/mol. The van der Waals surface area contributed by atoms with Crippen LogP contribution in [0.5, 0.6) is 0 Å². The lowest BCUT2D eigenvalue weighted by molar-refractivity contribution is 0.0793. The van der Waals surface area contributed by atoms with Crippen LogP contribution in [0.4, 0.5) is 4.39 Å². The molecule has 1 saturated heterocycles. The fourth-order valence-corrected chi connectivity index (χ4v) is 3.85. The number of benzene rings is 2. The third-order valence-electron chi connectivity index (χ3n) is 4.99. The molecule has 0 N–H and O–H groups in total. The molecule has 1 unspecified atom stereocenters. The van der Waals surface area contributed by atoms with Gasteiger partial charge in [0.25, 0.3) is 0 Å². The molecule has 2 heterocycles. The number of nitrogens with zero attached hydrogens (tertiary/aromatic N) is 3. The van der Waals surface area contributed by atoms with Crippen LogP contribution in [0.15, 0.2) is 54.7 Å². The highest BCUT2D eigenvalue weighted by atomic mass is 35.5. The summed E-state index contributed by atoms with van der Waals surface area (Å²) in [6.07, 6.45) is 4.53. The molecule has 28 heavy (non-hydrogen) atoms. The van der Waals surface area contributed by atoms with Crippen molar-refractivity contribution in [3.63, 3.8) is 0 Å². The maximum atomic E-state index is 13.3. The van der Waals surface area contributed by atoms with Crippen LogP contribution in [0, 0.1) is 5.82 Å². The summed E-state index contributed by atoms with van der Waals surface area (Å²) in [6, 6.07) is 14.0. The Morgan fingerprint density at radius 1 is 1.21 bits per heavy atom. The van der Waals surface area contributed by atoms with Crippen LogP contribution in [-0.2, 0) is 11.3 Å². The Balaban J connectivity index is 1.66. The summed E-state index contributed by atoms with van der Waals surface area (Å²) in [6.45, 7) is 2.46. The zero-order valence-corrected chi connectivity index (χ0v) is 16.6. The molecule has 0 bridgehead atoms. The lowest BCUT2D eigenvalue weighted by Crippen LogP contribution is -2.28. The van der Waals surface area contributed by atoms with Gasteiger partial charge in [0, 0.05) is 37.0 Å². The SMILES string of the molecule is CN(Cc1cn(-c2ccc(F)cc2)nc1-c1ccccc1Cl)CC1CCCO1. The van der Waals surface area contributed by atoms with Crippen molar-refractivity contribution in [3.05, 3.63) is 71.1 Å². The Hall–Kier alpha value is -2.21. The fourth-order valence-electron chi connectivity index (χ4n) is 3.62. The molecule has 1 aromatic heterocycles. The first-order chi connectivity index (χ1) is 13.6.